The largest absolute Gasteiger partial charge is 0.480 e. The van der Waals surface area contributed by atoms with Crippen LogP contribution in [0.4, 0.5) is 8.78 Å². The zero-order valence-electron chi connectivity index (χ0n) is 18.7. The van der Waals surface area contributed by atoms with Crippen LogP contribution < -0.4 is 4.74 Å². The smallest absolute Gasteiger partial charge is 0.198 e. The number of ether oxygens (including phenoxy) is 2. The Morgan fingerprint density at radius 3 is 2.71 bits per heavy atom. The minimum absolute atomic E-state index is 0.0454. The number of halogens is 2. The lowest BCUT2D eigenvalue weighted by Gasteiger charge is -2.30. The number of nitrogens with one attached hydrogen (secondary N) is 1. The van der Waals surface area contributed by atoms with E-state index in [1.807, 2.05) is 31.5 Å². The van der Waals surface area contributed by atoms with E-state index in [2.05, 4.69) is 15.0 Å². The van der Waals surface area contributed by atoms with Gasteiger partial charge in [0.25, 0.3) is 0 Å². The van der Waals surface area contributed by atoms with E-state index in [0.29, 0.717) is 41.4 Å². The van der Waals surface area contributed by atoms with Gasteiger partial charge >= 0.3 is 0 Å². The molecule has 0 aliphatic carbocycles. The maximum absolute atomic E-state index is 15.0. The summed E-state index contributed by atoms with van der Waals surface area (Å²) < 4.78 is 41.3. The van der Waals surface area contributed by atoms with Crippen LogP contribution >= 0.6 is 11.3 Å². The number of aromatic amines is 1. The third-order valence-corrected chi connectivity index (χ3v) is 6.67. The van der Waals surface area contributed by atoms with Crippen LogP contribution in [0.15, 0.2) is 47.0 Å². The number of nitrogens with zero attached hydrogens (tertiary/aromatic N) is 2. The number of hydrogen-bond donors (Lipinski definition) is 2. The van der Waals surface area contributed by atoms with Gasteiger partial charge in [0.15, 0.2) is 23.3 Å². The summed E-state index contributed by atoms with van der Waals surface area (Å²) in [5, 5.41) is 12.1. The zero-order valence-corrected chi connectivity index (χ0v) is 19.5. The number of H-pyrrole nitrogens is 1. The molecule has 0 radical (unpaired) electrons. The molecule has 2 N–H and O–H groups in total. The number of aliphatic imine (C=N–C) groups is 1. The maximum atomic E-state index is 15.0. The molecular weight excluding hydrogens is 460 g/mol. The highest BCUT2D eigenvalue weighted by Gasteiger charge is 2.29. The van der Waals surface area contributed by atoms with E-state index in [0.717, 1.165) is 16.0 Å². The summed E-state index contributed by atoms with van der Waals surface area (Å²) in [5.41, 5.74) is 2.34. The zero-order chi connectivity index (χ0) is 23.9. The highest BCUT2D eigenvalue weighted by molar-refractivity contribution is 7.10. The first-order chi connectivity index (χ1) is 16.3. The van der Waals surface area contributed by atoms with E-state index < -0.39 is 22.8 Å². The van der Waals surface area contributed by atoms with Crippen LogP contribution in [-0.2, 0) is 11.2 Å². The van der Waals surface area contributed by atoms with Gasteiger partial charge in [-0.05, 0) is 47.7 Å². The first kappa shape index (κ1) is 22.5. The predicted molar refractivity (Wildman–Crippen MR) is 128 cm³/mol. The maximum Gasteiger partial charge on any atom is 0.198 e. The molecule has 0 saturated carbocycles. The summed E-state index contributed by atoms with van der Waals surface area (Å²) in [4.78, 5) is 12.9. The Labute approximate surface area is 198 Å². The van der Waals surface area contributed by atoms with Crippen LogP contribution in [0.5, 0.6) is 11.5 Å². The van der Waals surface area contributed by atoms with Crippen molar-refractivity contribution in [3.05, 3.63) is 64.1 Å². The Morgan fingerprint density at radius 1 is 1.26 bits per heavy atom. The van der Waals surface area contributed by atoms with Gasteiger partial charge in [-0.1, -0.05) is 6.92 Å². The minimum Gasteiger partial charge on any atom is -0.480 e. The molecule has 0 amide bonds. The van der Waals surface area contributed by atoms with Crippen molar-refractivity contribution in [3.8, 4) is 22.6 Å². The van der Waals surface area contributed by atoms with E-state index in [1.165, 1.54) is 18.3 Å². The first-order valence-corrected chi connectivity index (χ1v) is 11.7. The molecule has 1 aliphatic heterocycles. The molecule has 34 heavy (non-hydrogen) atoms. The lowest BCUT2D eigenvalue weighted by atomic mass is 9.92. The van der Waals surface area contributed by atoms with Crippen LogP contribution in [0.1, 0.15) is 17.4 Å². The van der Waals surface area contributed by atoms with Crippen LogP contribution in [0.2, 0.25) is 0 Å². The molecule has 1 aromatic carbocycles. The number of hydrogen-bond acceptors (Lipinski definition) is 6. The van der Waals surface area contributed by atoms with Gasteiger partial charge in [-0.3, -0.25) is 4.99 Å². The fourth-order valence-electron chi connectivity index (χ4n) is 3.85. The van der Waals surface area contributed by atoms with Crippen molar-refractivity contribution in [2.75, 3.05) is 19.8 Å². The van der Waals surface area contributed by atoms with E-state index in [1.54, 1.807) is 17.4 Å². The Morgan fingerprint density at radius 2 is 2.06 bits per heavy atom. The summed E-state index contributed by atoms with van der Waals surface area (Å²) in [5.74, 6) is -1.43. The van der Waals surface area contributed by atoms with Gasteiger partial charge in [0.2, 0.25) is 0 Å². The van der Waals surface area contributed by atoms with Gasteiger partial charge in [0.05, 0.1) is 25.1 Å². The number of aliphatic hydroxyl groups is 1. The summed E-state index contributed by atoms with van der Waals surface area (Å²) >= 11 is 1.62. The van der Waals surface area contributed by atoms with E-state index in [9.17, 15) is 13.9 Å². The average molecular weight is 484 g/mol. The number of fused-ring (bicyclic) bond motifs is 1. The van der Waals surface area contributed by atoms with Crippen LogP contribution in [-0.4, -0.2) is 40.7 Å². The van der Waals surface area contributed by atoms with Crippen molar-refractivity contribution in [2.45, 2.75) is 20.3 Å². The number of aliphatic hydroxyl groups excluding tert-OH is 1. The Bertz CT molecular complexity index is 1370. The van der Waals surface area contributed by atoms with E-state index in [-0.39, 0.29) is 13.0 Å². The van der Waals surface area contributed by atoms with Gasteiger partial charge in [-0.25, -0.2) is 13.8 Å². The third kappa shape index (κ3) is 4.28. The molecule has 4 aromatic rings. The molecule has 5 rings (SSSR count). The van der Waals surface area contributed by atoms with Crippen molar-refractivity contribution in [1.82, 2.24) is 9.97 Å². The lowest BCUT2D eigenvalue weighted by molar-refractivity contribution is 0.0691. The summed E-state index contributed by atoms with van der Waals surface area (Å²) in [6.07, 6.45) is 3.49. The number of aromatic nitrogens is 2. The Hall–Kier alpha value is -3.30. The molecule has 0 bridgehead atoms. The first-order valence-electron chi connectivity index (χ1n) is 10.8. The number of benzene rings is 1. The molecule has 1 unspecified atom stereocenters. The SMILES string of the molecule is Cc1cc(-c2c[nH]c3nccc(Oc4c(F)cc(CC5=NCC(C)(CO)CO5)cc4F)c23)cs1. The Balaban J connectivity index is 1.43. The van der Waals surface area contributed by atoms with Gasteiger partial charge in [0.1, 0.15) is 11.4 Å². The lowest BCUT2D eigenvalue weighted by Crippen LogP contribution is -2.36. The van der Waals surface area contributed by atoms with Gasteiger partial charge in [-0.15, -0.1) is 11.3 Å². The van der Waals surface area contributed by atoms with Gasteiger partial charge in [-0.2, -0.15) is 0 Å². The van der Waals surface area contributed by atoms with E-state index in [4.69, 9.17) is 9.47 Å². The monoisotopic (exact) mass is 483 g/mol. The van der Waals surface area contributed by atoms with Crippen molar-refractivity contribution in [2.24, 2.45) is 10.4 Å². The molecule has 0 saturated heterocycles. The quantitative estimate of drug-likeness (QED) is 0.372. The summed E-state index contributed by atoms with van der Waals surface area (Å²) in [6, 6.07) is 6.08. The Kier molecular flexibility index (Phi) is 5.83. The highest BCUT2D eigenvalue weighted by atomic mass is 32.1. The molecule has 1 aliphatic rings. The standard InChI is InChI=1S/C25H23F2N3O3S/c1-14-5-16(10-34-14)17-9-29-24-22(17)20(3-4-28-24)33-23-18(26)6-15(7-19(23)27)8-21-30-11-25(2,12-31)13-32-21/h3-7,9-10,31H,8,11-13H2,1-2H3,(H,28,29). The molecule has 0 fully saturated rings. The third-order valence-electron chi connectivity index (χ3n) is 5.81. The minimum atomic E-state index is -0.819. The molecule has 4 heterocycles. The van der Waals surface area contributed by atoms with Crippen molar-refractivity contribution in [1.29, 1.82) is 0 Å². The predicted octanol–water partition coefficient (Wildman–Crippen LogP) is 5.64. The normalized spacial score (nSPS) is 18.1. The number of thiophene rings is 1. The average Bonchev–Trinajstić information content (AvgIpc) is 3.44. The number of rotatable bonds is 6. The molecule has 6 nitrogen and oxygen atoms in total. The molecule has 0 spiro atoms. The van der Waals surface area contributed by atoms with Crippen LogP contribution in [0.3, 0.4) is 0 Å². The van der Waals surface area contributed by atoms with Crippen LogP contribution in [0.25, 0.3) is 22.2 Å². The number of aryl methyl sites for hydroxylation is 1. The number of pyridine rings is 1. The summed E-state index contributed by atoms with van der Waals surface area (Å²) in [6.45, 7) is 4.53. The molecule has 1 atom stereocenters. The summed E-state index contributed by atoms with van der Waals surface area (Å²) in [7, 11) is 0. The van der Waals surface area contributed by atoms with Gasteiger partial charge < -0.3 is 19.6 Å². The molecule has 176 valence electrons. The second-order valence-electron chi connectivity index (χ2n) is 8.82. The van der Waals surface area contributed by atoms with Crippen LogP contribution in [0, 0.1) is 24.0 Å². The van der Waals surface area contributed by atoms with E-state index >= 15 is 0 Å². The second-order valence-corrected chi connectivity index (χ2v) is 9.93. The van der Waals surface area contributed by atoms with Crippen molar-refractivity contribution < 1.29 is 23.4 Å². The van der Waals surface area contributed by atoms with Crippen molar-refractivity contribution in [3.63, 3.8) is 0 Å². The molecule has 9 heteroatoms. The second kappa shape index (κ2) is 8.81. The highest BCUT2D eigenvalue weighted by Crippen LogP contribution is 2.39. The topological polar surface area (TPSA) is 79.7 Å². The van der Waals surface area contributed by atoms with Crippen molar-refractivity contribution >= 4 is 28.3 Å². The van der Waals surface area contributed by atoms with Gasteiger partial charge in [0, 0.05) is 34.7 Å². The molecular formula is C25H23F2N3O3S. The molecule has 3 aromatic heterocycles. The fourth-order valence-corrected chi connectivity index (χ4v) is 4.55. The fraction of sp³-hybridized carbons (Fsp3) is 0.280.